The average molecular weight is 573 g/mol. The van der Waals surface area contributed by atoms with Crippen molar-refractivity contribution >= 4 is 29.9 Å². The number of guanidine groups is 1. The molecule has 33 heavy (non-hydrogen) atoms. The van der Waals surface area contributed by atoms with Crippen molar-refractivity contribution in [3.05, 3.63) is 35.4 Å². The van der Waals surface area contributed by atoms with Gasteiger partial charge in [-0.05, 0) is 69.2 Å². The zero-order valence-corrected chi connectivity index (χ0v) is 22.9. The molecule has 0 atom stereocenters. The Kier molecular flexibility index (Phi) is 15.0. The van der Waals surface area contributed by atoms with Crippen LogP contribution < -0.4 is 10.6 Å². The van der Waals surface area contributed by atoms with Gasteiger partial charge in [-0.3, -0.25) is 4.90 Å². The first kappa shape index (κ1) is 28.3. The van der Waals surface area contributed by atoms with Crippen molar-refractivity contribution in [3.8, 4) is 0 Å². The number of nitrogens with one attached hydrogen (secondary N) is 2. The molecule has 0 aliphatic carbocycles. The molecule has 0 unspecified atom stereocenters. The Balaban J connectivity index is 0.00000385. The third-order valence-corrected chi connectivity index (χ3v) is 6.42. The van der Waals surface area contributed by atoms with Gasteiger partial charge < -0.3 is 20.1 Å². The highest BCUT2D eigenvalue weighted by atomic mass is 127. The number of nitrogens with zero attached hydrogens (tertiary/aromatic N) is 2. The van der Waals surface area contributed by atoms with Crippen LogP contribution in [0.5, 0.6) is 0 Å². The van der Waals surface area contributed by atoms with Crippen molar-refractivity contribution in [1.29, 1.82) is 0 Å². The molecule has 188 valence electrons. The van der Waals surface area contributed by atoms with Gasteiger partial charge in [-0.15, -0.1) is 24.0 Å². The minimum Gasteiger partial charge on any atom is -0.381 e. The molecular formula is C26H45IN4O2. The molecular weight excluding hydrogens is 527 g/mol. The second-order valence-electron chi connectivity index (χ2n) is 9.07. The summed E-state index contributed by atoms with van der Waals surface area (Å²) < 4.78 is 11.3. The second kappa shape index (κ2) is 17.5. The van der Waals surface area contributed by atoms with Crippen LogP contribution in [0.2, 0.25) is 0 Å². The number of likely N-dealkylation sites (tertiary alicyclic amines) is 1. The van der Waals surface area contributed by atoms with Crippen molar-refractivity contribution in [2.75, 3.05) is 52.6 Å². The topological polar surface area (TPSA) is 58.1 Å². The molecule has 0 aromatic heterocycles. The zero-order valence-electron chi connectivity index (χ0n) is 20.5. The predicted octanol–water partition coefficient (Wildman–Crippen LogP) is 4.57. The molecule has 2 saturated heterocycles. The van der Waals surface area contributed by atoms with E-state index >= 15 is 0 Å². The molecule has 2 N–H and O–H groups in total. The van der Waals surface area contributed by atoms with Crippen LogP contribution in [0.25, 0.3) is 0 Å². The van der Waals surface area contributed by atoms with Gasteiger partial charge in [-0.2, -0.15) is 0 Å². The molecule has 3 rings (SSSR count). The van der Waals surface area contributed by atoms with E-state index < -0.39 is 0 Å². The highest BCUT2D eigenvalue weighted by Gasteiger charge is 2.14. The summed E-state index contributed by atoms with van der Waals surface area (Å²) >= 11 is 0. The van der Waals surface area contributed by atoms with Gasteiger partial charge in [0.15, 0.2) is 5.96 Å². The summed E-state index contributed by atoms with van der Waals surface area (Å²) in [5.41, 5.74) is 2.74. The third-order valence-electron chi connectivity index (χ3n) is 6.42. The van der Waals surface area contributed by atoms with Crippen LogP contribution in [-0.4, -0.2) is 63.5 Å². The fourth-order valence-corrected chi connectivity index (χ4v) is 4.45. The number of rotatable bonds is 11. The number of ether oxygens (including phenoxy) is 2. The highest BCUT2D eigenvalue weighted by molar-refractivity contribution is 14.0. The molecule has 0 saturated carbocycles. The van der Waals surface area contributed by atoms with E-state index in [0.29, 0.717) is 12.5 Å². The summed E-state index contributed by atoms with van der Waals surface area (Å²) in [6.45, 7) is 11.5. The molecule has 2 aliphatic rings. The van der Waals surface area contributed by atoms with E-state index in [0.717, 1.165) is 71.3 Å². The van der Waals surface area contributed by atoms with E-state index in [2.05, 4.69) is 46.7 Å². The van der Waals surface area contributed by atoms with Gasteiger partial charge in [-0.25, -0.2) is 4.99 Å². The maximum atomic E-state index is 5.88. The second-order valence-corrected chi connectivity index (χ2v) is 9.07. The molecule has 1 aromatic carbocycles. The largest absolute Gasteiger partial charge is 0.381 e. The normalized spacial score (nSPS) is 18.4. The molecule has 2 fully saturated rings. The Morgan fingerprint density at radius 2 is 1.79 bits per heavy atom. The number of hydrogen-bond acceptors (Lipinski definition) is 4. The smallest absolute Gasteiger partial charge is 0.191 e. The van der Waals surface area contributed by atoms with Crippen molar-refractivity contribution in [1.82, 2.24) is 15.5 Å². The van der Waals surface area contributed by atoms with E-state index in [9.17, 15) is 0 Å². The fourth-order valence-electron chi connectivity index (χ4n) is 4.45. The van der Waals surface area contributed by atoms with Crippen LogP contribution in [0.15, 0.2) is 29.3 Å². The molecule has 0 bridgehead atoms. The van der Waals surface area contributed by atoms with Crippen LogP contribution in [0.4, 0.5) is 0 Å². The molecule has 6 nitrogen and oxygen atoms in total. The van der Waals surface area contributed by atoms with E-state index in [4.69, 9.17) is 14.5 Å². The maximum Gasteiger partial charge on any atom is 0.191 e. The molecule has 7 heteroatoms. The zero-order chi connectivity index (χ0) is 22.3. The van der Waals surface area contributed by atoms with Gasteiger partial charge >= 0.3 is 0 Å². The van der Waals surface area contributed by atoms with Gasteiger partial charge in [-0.1, -0.05) is 37.1 Å². The number of hydrogen-bond donors (Lipinski definition) is 2. The Morgan fingerprint density at radius 3 is 2.52 bits per heavy atom. The fraction of sp³-hybridized carbons (Fsp3) is 0.731. The minimum atomic E-state index is 0. The number of benzene rings is 1. The molecule has 2 aliphatic heterocycles. The standard InChI is InChI=1S/C26H44N4O2.HI/c1-2-27-26(28-14-9-17-32-22-23-12-18-31-19-13-23)29-20-24-10-5-6-11-25(24)21-30-15-7-3-4-8-16-30;/h5-6,10-11,23H,2-4,7-9,12-22H2,1H3,(H2,27,28,29);1H. The summed E-state index contributed by atoms with van der Waals surface area (Å²) in [7, 11) is 0. The van der Waals surface area contributed by atoms with E-state index in [1.54, 1.807) is 0 Å². The lowest BCUT2D eigenvalue weighted by Gasteiger charge is -2.21. The van der Waals surface area contributed by atoms with Crippen LogP contribution >= 0.6 is 24.0 Å². The maximum absolute atomic E-state index is 5.88. The highest BCUT2D eigenvalue weighted by Crippen LogP contribution is 2.17. The monoisotopic (exact) mass is 572 g/mol. The Morgan fingerprint density at radius 1 is 1.06 bits per heavy atom. The average Bonchev–Trinajstić information content (AvgIpc) is 3.10. The van der Waals surface area contributed by atoms with Crippen LogP contribution in [0.3, 0.4) is 0 Å². The molecule has 1 aromatic rings. The van der Waals surface area contributed by atoms with Crippen molar-refractivity contribution < 1.29 is 9.47 Å². The molecule has 0 spiro atoms. The van der Waals surface area contributed by atoms with Crippen molar-refractivity contribution in [3.63, 3.8) is 0 Å². The summed E-state index contributed by atoms with van der Waals surface area (Å²) in [4.78, 5) is 7.48. The Bertz CT molecular complexity index is 659. The van der Waals surface area contributed by atoms with Crippen LogP contribution in [0, 0.1) is 5.92 Å². The van der Waals surface area contributed by atoms with Crippen LogP contribution in [0.1, 0.15) is 63.0 Å². The predicted molar refractivity (Wildman–Crippen MR) is 147 cm³/mol. The first-order valence-corrected chi connectivity index (χ1v) is 12.8. The van der Waals surface area contributed by atoms with Gasteiger partial charge in [0, 0.05) is 46.1 Å². The number of aliphatic imine (C=N–C) groups is 1. The van der Waals surface area contributed by atoms with E-state index in [1.807, 2.05) is 0 Å². The molecule has 2 heterocycles. The summed E-state index contributed by atoms with van der Waals surface area (Å²) in [5.74, 6) is 1.56. The van der Waals surface area contributed by atoms with E-state index in [-0.39, 0.29) is 24.0 Å². The van der Waals surface area contributed by atoms with Gasteiger partial charge in [0.1, 0.15) is 0 Å². The SMILES string of the molecule is CCNC(=NCc1ccccc1CN1CCCCCC1)NCCCOCC1CCOCC1.I. The quantitative estimate of drug-likeness (QED) is 0.176. The lowest BCUT2D eigenvalue weighted by molar-refractivity contribution is 0.0203. The van der Waals surface area contributed by atoms with Crippen LogP contribution in [-0.2, 0) is 22.6 Å². The minimum absolute atomic E-state index is 0. The lowest BCUT2D eigenvalue weighted by atomic mass is 10.0. The summed E-state index contributed by atoms with van der Waals surface area (Å²) in [5, 5.41) is 6.85. The van der Waals surface area contributed by atoms with Gasteiger partial charge in [0.2, 0.25) is 0 Å². The summed E-state index contributed by atoms with van der Waals surface area (Å²) in [6.07, 6.45) is 8.66. The van der Waals surface area contributed by atoms with Crippen molar-refractivity contribution in [2.45, 2.75) is 65.0 Å². The molecule has 0 radical (unpaired) electrons. The van der Waals surface area contributed by atoms with Gasteiger partial charge in [0.25, 0.3) is 0 Å². The first-order valence-electron chi connectivity index (χ1n) is 12.8. The van der Waals surface area contributed by atoms with Gasteiger partial charge in [0.05, 0.1) is 6.54 Å². The summed E-state index contributed by atoms with van der Waals surface area (Å²) in [6, 6.07) is 8.79. The van der Waals surface area contributed by atoms with Crippen molar-refractivity contribution in [2.24, 2.45) is 10.9 Å². The van der Waals surface area contributed by atoms with E-state index in [1.165, 1.54) is 49.9 Å². The number of halogens is 1. The first-order chi connectivity index (χ1) is 15.8. The molecule has 0 amide bonds. The third kappa shape index (κ3) is 11.4. The Hall–Kier alpha value is -0.900. The lowest BCUT2D eigenvalue weighted by Crippen LogP contribution is -2.38. The Labute approximate surface area is 218 Å².